The fourth-order valence-electron chi connectivity index (χ4n) is 1.58. The molecule has 0 aliphatic heterocycles. The maximum Gasteiger partial charge on any atom is 0.165 e. The van der Waals surface area contributed by atoms with Gasteiger partial charge in [-0.15, -0.1) is 0 Å². The van der Waals surface area contributed by atoms with Gasteiger partial charge in [0.25, 0.3) is 0 Å². The molecule has 2 rings (SSSR count). The Kier molecular flexibility index (Phi) is 7.22. The fraction of sp³-hybridized carbons (Fsp3) is 0.111. The second kappa shape index (κ2) is 9.26. The Morgan fingerprint density at radius 2 is 1.43 bits per heavy atom. The largest absolute Gasteiger partial charge is 0.504 e. The molecule has 0 saturated heterocycles. The second-order valence-electron chi connectivity index (χ2n) is 4.11. The third kappa shape index (κ3) is 5.45. The fourth-order valence-corrected chi connectivity index (χ4v) is 1.58. The van der Waals surface area contributed by atoms with E-state index in [0.29, 0.717) is 5.56 Å². The lowest BCUT2D eigenvalue weighted by Gasteiger charge is -2.05. The molecular weight excluding hydrogens is 264 g/mol. The van der Waals surface area contributed by atoms with Gasteiger partial charge in [-0.2, -0.15) is 0 Å². The van der Waals surface area contributed by atoms with Crippen molar-refractivity contribution in [1.82, 2.24) is 0 Å². The number of hydrogen-bond donors (Lipinski definition) is 2. The number of aromatic hydroxyl groups is 2. The van der Waals surface area contributed by atoms with Crippen molar-refractivity contribution in [2.75, 3.05) is 0 Å². The summed E-state index contributed by atoms with van der Waals surface area (Å²) in [7, 11) is 0. The monoisotopic (exact) mass is 284 g/mol. The molecule has 0 fully saturated rings. The molecule has 0 saturated carbocycles. The summed E-state index contributed by atoms with van der Waals surface area (Å²) in [5.41, 5.74) is 1.53. The zero-order valence-electron chi connectivity index (χ0n) is 12.2. The number of ether oxygens (including phenoxy) is 1. The molecule has 2 aromatic carbocycles. The Morgan fingerprint density at radius 1 is 0.810 bits per heavy atom. The van der Waals surface area contributed by atoms with Crippen LogP contribution in [0.5, 0.6) is 11.5 Å². The van der Waals surface area contributed by atoms with Gasteiger partial charge in [0.1, 0.15) is 0 Å². The first-order valence-electron chi connectivity index (χ1n) is 6.64. The van der Waals surface area contributed by atoms with Crippen molar-refractivity contribution >= 4 is 0 Å². The van der Waals surface area contributed by atoms with Crippen LogP contribution in [0.25, 0.3) is 11.1 Å². The molecule has 0 atom stereocenters. The summed E-state index contributed by atoms with van der Waals surface area (Å²) in [4.78, 5) is 0. The third-order valence-corrected chi connectivity index (χ3v) is 2.53. The Hall–Kier alpha value is -2.68. The van der Waals surface area contributed by atoms with E-state index in [1.807, 2.05) is 56.3 Å². The quantitative estimate of drug-likeness (QED) is 0.626. The van der Waals surface area contributed by atoms with Crippen LogP contribution in [0.3, 0.4) is 0 Å². The molecule has 0 aromatic heterocycles. The summed E-state index contributed by atoms with van der Waals surface area (Å²) in [5.74, 6) is -0.162. The highest BCUT2D eigenvalue weighted by atomic mass is 16.5. The lowest BCUT2D eigenvalue weighted by Crippen LogP contribution is -1.78. The predicted octanol–water partition coefficient (Wildman–Crippen LogP) is 4.84. The van der Waals surface area contributed by atoms with E-state index in [1.54, 1.807) is 24.7 Å². The summed E-state index contributed by atoms with van der Waals surface area (Å²) in [6.45, 7) is 3.81. The lowest BCUT2D eigenvalue weighted by atomic mass is 10.0. The zero-order chi connectivity index (χ0) is 15.5. The van der Waals surface area contributed by atoms with Gasteiger partial charge in [-0.1, -0.05) is 54.6 Å². The molecule has 0 radical (unpaired) electrons. The smallest absolute Gasteiger partial charge is 0.165 e. The summed E-state index contributed by atoms with van der Waals surface area (Å²) in [6, 6.07) is 14.4. The number of benzene rings is 2. The minimum atomic E-state index is -0.0913. The molecule has 0 aliphatic carbocycles. The van der Waals surface area contributed by atoms with Gasteiger partial charge >= 0.3 is 0 Å². The van der Waals surface area contributed by atoms with E-state index in [0.717, 1.165) is 5.56 Å². The Labute approximate surface area is 125 Å². The summed E-state index contributed by atoms with van der Waals surface area (Å²) >= 11 is 0. The van der Waals surface area contributed by atoms with Crippen LogP contribution in [0.4, 0.5) is 0 Å². The van der Waals surface area contributed by atoms with Gasteiger partial charge in [-0.25, -0.2) is 0 Å². The molecule has 21 heavy (non-hydrogen) atoms. The molecule has 0 amide bonds. The van der Waals surface area contributed by atoms with Crippen molar-refractivity contribution in [2.45, 2.75) is 13.8 Å². The van der Waals surface area contributed by atoms with E-state index in [1.165, 1.54) is 6.07 Å². The molecule has 3 heteroatoms. The summed E-state index contributed by atoms with van der Waals surface area (Å²) < 4.78 is 4.77. The van der Waals surface area contributed by atoms with Crippen molar-refractivity contribution in [2.24, 2.45) is 0 Å². The van der Waals surface area contributed by atoms with Crippen LogP contribution in [0, 0.1) is 0 Å². The molecule has 0 aliphatic rings. The lowest BCUT2D eigenvalue weighted by molar-refractivity contribution is 0.401. The molecular formula is C18H20O3. The standard InChI is InChI=1S/C12H10O2.C6H10O/c13-11-8-4-7-10(12(11)14)9-5-2-1-3-6-9;1-3-5-7-6-4-2/h1-8,13-14H;3-6H,1-2H3. The molecule has 3 nitrogen and oxygen atoms in total. The number of phenols is 2. The first-order chi connectivity index (χ1) is 10.2. The average molecular weight is 284 g/mol. The van der Waals surface area contributed by atoms with Crippen molar-refractivity contribution in [3.05, 3.63) is 73.2 Å². The molecule has 0 bridgehead atoms. The Balaban J connectivity index is 0.000000270. The van der Waals surface area contributed by atoms with Crippen LogP contribution < -0.4 is 0 Å². The predicted molar refractivity (Wildman–Crippen MR) is 85.9 cm³/mol. The van der Waals surface area contributed by atoms with Gasteiger partial charge in [0.05, 0.1) is 12.5 Å². The van der Waals surface area contributed by atoms with Crippen LogP contribution in [0.1, 0.15) is 13.8 Å². The molecule has 0 heterocycles. The van der Waals surface area contributed by atoms with E-state index in [2.05, 4.69) is 0 Å². The van der Waals surface area contributed by atoms with Crippen LogP contribution in [-0.2, 0) is 4.74 Å². The second-order valence-corrected chi connectivity index (χ2v) is 4.11. The number of para-hydroxylation sites is 1. The molecule has 110 valence electrons. The highest BCUT2D eigenvalue weighted by Crippen LogP contribution is 2.35. The van der Waals surface area contributed by atoms with Gasteiger partial charge in [0.15, 0.2) is 11.5 Å². The van der Waals surface area contributed by atoms with E-state index >= 15 is 0 Å². The summed E-state index contributed by atoms with van der Waals surface area (Å²) in [5, 5.41) is 18.9. The highest BCUT2D eigenvalue weighted by Gasteiger charge is 2.06. The number of phenolic OH excluding ortho intramolecular Hbond substituents is 2. The van der Waals surface area contributed by atoms with Crippen LogP contribution in [-0.4, -0.2) is 10.2 Å². The number of hydrogen-bond acceptors (Lipinski definition) is 3. The third-order valence-electron chi connectivity index (χ3n) is 2.53. The summed E-state index contributed by atoms with van der Waals surface area (Å²) in [6.07, 6.45) is 6.92. The molecule has 0 spiro atoms. The van der Waals surface area contributed by atoms with Gasteiger partial charge in [-0.05, 0) is 25.5 Å². The van der Waals surface area contributed by atoms with Crippen molar-refractivity contribution in [3.8, 4) is 22.6 Å². The van der Waals surface area contributed by atoms with Gasteiger partial charge in [0.2, 0.25) is 0 Å². The minimum Gasteiger partial charge on any atom is -0.504 e. The maximum atomic E-state index is 9.60. The first-order valence-corrected chi connectivity index (χ1v) is 6.64. The van der Waals surface area contributed by atoms with E-state index in [9.17, 15) is 10.2 Å². The zero-order valence-corrected chi connectivity index (χ0v) is 12.2. The van der Waals surface area contributed by atoms with Crippen molar-refractivity contribution in [3.63, 3.8) is 0 Å². The SMILES string of the molecule is CC=COC=CC.Oc1cccc(-c2ccccc2)c1O. The first kappa shape index (κ1) is 16.4. The van der Waals surface area contributed by atoms with Crippen molar-refractivity contribution in [1.29, 1.82) is 0 Å². The highest BCUT2D eigenvalue weighted by molar-refractivity contribution is 5.72. The minimum absolute atomic E-state index is 0.0706. The normalized spacial score (nSPS) is 10.4. The molecule has 2 aromatic rings. The number of rotatable bonds is 3. The molecule has 2 N–H and O–H groups in total. The van der Waals surface area contributed by atoms with Crippen LogP contribution in [0.2, 0.25) is 0 Å². The van der Waals surface area contributed by atoms with Crippen LogP contribution >= 0.6 is 0 Å². The topological polar surface area (TPSA) is 49.7 Å². The van der Waals surface area contributed by atoms with Gasteiger partial charge < -0.3 is 14.9 Å². The number of allylic oxidation sites excluding steroid dienone is 2. The van der Waals surface area contributed by atoms with E-state index in [4.69, 9.17) is 4.74 Å². The molecule has 0 unspecified atom stereocenters. The van der Waals surface area contributed by atoms with Gasteiger partial charge in [-0.3, -0.25) is 0 Å². The van der Waals surface area contributed by atoms with E-state index in [-0.39, 0.29) is 11.5 Å². The van der Waals surface area contributed by atoms with Crippen molar-refractivity contribution < 1.29 is 14.9 Å². The Bertz CT molecular complexity index is 577. The van der Waals surface area contributed by atoms with Gasteiger partial charge in [0, 0.05) is 5.56 Å². The Morgan fingerprint density at radius 3 is 2.00 bits per heavy atom. The maximum absolute atomic E-state index is 9.60. The van der Waals surface area contributed by atoms with Crippen LogP contribution in [0.15, 0.2) is 73.2 Å². The average Bonchev–Trinajstić information content (AvgIpc) is 2.52. The van der Waals surface area contributed by atoms with E-state index < -0.39 is 0 Å².